The molecule has 1 heterocycles. The summed E-state index contributed by atoms with van der Waals surface area (Å²) in [6.07, 6.45) is -2.46. The number of likely N-dealkylation sites (tertiary alicyclic amines) is 1. The third-order valence-electron chi connectivity index (χ3n) is 3.10. The number of nitrogens with one attached hydrogen (secondary N) is 1. The number of sulfonamides is 1. The molecule has 1 aliphatic heterocycles. The van der Waals surface area contributed by atoms with Crippen molar-refractivity contribution in [1.29, 1.82) is 0 Å². The Morgan fingerprint density at radius 1 is 1.29 bits per heavy atom. The van der Waals surface area contributed by atoms with Crippen LogP contribution in [0.15, 0.2) is 0 Å². The number of alkyl halides is 3. The molecule has 0 saturated carbocycles. The Kier molecular flexibility index (Phi) is 6.41. The van der Waals surface area contributed by atoms with Crippen LogP contribution in [0.25, 0.3) is 0 Å². The van der Waals surface area contributed by atoms with Crippen molar-refractivity contribution in [3.63, 3.8) is 0 Å². The van der Waals surface area contributed by atoms with E-state index in [9.17, 15) is 26.4 Å². The normalized spacial score (nSPS) is 18.0. The minimum atomic E-state index is -4.77. The summed E-state index contributed by atoms with van der Waals surface area (Å²) in [4.78, 5) is 13.5. The standard InChI is InChI=1S/C11H20F3N3O3S/c12-11(13,14)8-21(19,20)16-5-3-4-9(15)10(18)17-6-1-2-7-17/h9,16H,1-8,15H2/t9-/m0/s1. The molecule has 0 spiro atoms. The fourth-order valence-corrected chi connectivity index (χ4v) is 3.10. The first-order valence-electron chi connectivity index (χ1n) is 6.69. The van der Waals surface area contributed by atoms with E-state index in [4.69, 9.17) is 5.73 Å². The van der Waals surface area contributed by atoms with Crippen LogP contribution in [0.1, 0.15) is 25.7 Å². The van der Waals surface area contributed by atoms with Crippen LogP contribution in [0.5, 0.6) is 0 Å². The average molecular weight is 331 g/mol. The minimum Gasteiger partial charge on any atom is -0.341 e. The summed E-state index contributed by atoms with van der Waals surface area (Å²) in [5.74, 6) is -2.09. The molecule has 1 fully saturated rings. The molecule has 0 aliphatic carbocycles. The van der Waals surface area contributed by atoms with Gasteiger partial charge < -0.3 is 10.6 Å². The van der Waals surface area contributed by atoms with Crippen molar-refractivity contribution < 1.29 is 26.4 Å². The van der Waals surface area contributed by atoms with Gasteiger partial charge in [-0.15, -0.1) is 0 Å². The van der Waals surface area contributed by atoms with Crippen molar-refractivity contribution in [2.75, 3.05) is 25.4 Å². The summed E-state index contributed by atoms with van der Waals surface area (Å²) in [5, 5.41) is 0. The van der Waals surface area contributed by atoms with Gasteiger partial charge in [-0.25, -0.2) is 13.1 Å². The highest BCUT2D eigenvalue weighted by Gasteiger charge is 2.34. The first-order chi connectivity index (χ1) is 9.61. The second kappa shape index (κ2) is 7.41. The predicted octanol–water partition coefficient (Wildman–Crippen LogP) is 0.198. The predicted molar refractivity (Wildman–Crippen MR) is 70.9 cm³/mol. The number of amides is 1. The number of hydrogen-bond donors (Lipinski definition) is 2. The maximum absolute atomic E-state index is 12.0. The van der Waals surface area contributed by atoms with E-state index < -0.39 is 28.0 Å². The van der Waals surface area contributed by atoms with E-state index >= 15 is 0 Å². The second-order valence-electron chi connectivity index (χ2n) is 5.05. The van der Waals surface area contributed by atoms with Crippen molar-refractivity contribution in [2.24, 2.45) is 5.73 Å². The van der Waals surface area contributed by atoms with Crippen molar-refractivity contribution >= 4 is 15.9 Å². The van der Waals surface area contributed by atoms with Gasteiger partial charge in [-0.1, -0.05) is 0 Å². The molecule has 3 N–H and O–H groups in total. The third kappa shape index (κ3) is 7.09. The summed E-state index contributed by atoms with van der Waals surface area (Å²) >= 11 is 0. The number of hydrogen-bond acceptors (Lipinski definition) is 4. The Morgan fingerprint density at radius 2 is 1.86 bits per heavy atom. The molecule has 0 aromatic carbocycles. The molecular weight excluding hydrogens is 311 g/mol. The van der Waals surface area contributed by atoms with E-state index in [-0.39, 0.29) is 25.3 Å². The fraction of sp³-hybridized carbons (Fsp3) is 0.909. The quantitative estimate of drug-likeness (QED) is 0.652. The van der Waals surface area contributed by atoms with E-state index in [1.807, 2.05) is 4.72 Å². The van der Waals surface area contributed by atoms with Gasteiger partial charge in [0.05, 0.1) is 6.04 Å². The minimum absolute atomic E-state index is 0.167. The summed E-state index contributed by atoms with van der Waals surface area (Å²) in [6, 6.07) is -0.741. The Hall–Kier alpha value is -0.870. The van der Waals surface area contributed by atoms with Crippen LogP contribution in [-0.2, 0) is 14.8 Å². The first-order valence-corrected chi connectivity index (χ1v) is 8.34. The van der Waals surface area contributed by atoms with Gasteiger partial charge >= 0.3 is 6.18 Å². The van der Waals surface area contributed by atoms with E-state index in [2.05, 4.69) is 0 Å². The van der Waals surface area contributed by atoms with Gasteiger partial charge in [0.15, 0.2) is 5.75 Å². The molecule has 21 heavy (non-hydrogen) atoms. The molecule has 1 rings (SSSR count). The molecule has 6 nitrogen and oxygen atoms in total. The lowest BCUT2D eigenvalue weighted by molar-refractivity contribution is -0.131. The van der Waals surface area contributed by atoms with Gasteiger partial charge in [-0.2, -0.15) is 13.2 Å². The van der Waals surface area contributed by atoms with Crippen LogP contribution < -0.4 is 10.5 Å². The molecule has 0 aromatic rings. The number of nitrogens with two attached hydrogens (primary N) is 1. The number of halogens is 3. The number of rotatable bonds is 7. The topological polar surface area (TPSA) is 92.5 Å². The lowest BCUT2D eigenvalue weighted by atomic mass is 10.1. The van der Waals surface area contributed by atoms with Crippen molar-refractivity contribution in [3.05, 3.63) is 0 Å². The Bertz CT molecular complexity index is 447. The molecule has 0 radical (unpaired) electrons. The molecule has 0 aromatic heterocycles. The van der Waals surface area contributed by atoms with Gasteiger partial charge in [0.1, 0.15) is 0 Å². The first kappa shape index (κ1) is 18.2. The van der Waals surface area contributed by atoms with E-state index in [1.54, 1.807) is 4.90 Å². The highest BCUT2D eigenvalue weighted by Crippen LogP contribution is 2.16. The molecule has 10 heteroatoms. The second-order valence-corrected chi connectivity index (χ2v) is 6.86. The molecule has 124 valence electrons. The van der Waals surface area contributed by atoms with Crippen LogP contribution in [-0.4, -0.2) is 56.8 Å². The van der Waals surface area contributed by atoms with Crippen molar-refractivity contribution in [3.8, 4) is 0 Å². The highest BCUT2D eigenvalue weighted by atomic mass is 32.2. The molecule has 1 atom stereocenters. The molecule has 1 amide bonds. The van der Waals surface area contributed by atoms with Crippen LogP contribution in [0.3, 0.4) is 0 Å². The molecule has 1 saturated heterocycles. The summed E-state index contributed by atoms with van der Waals surface area (Å²) in [6.45, 7) is 1.18. The number of nitrogens with zero attached hydrogens (tertiary/aromatic N) is 1. The van der Waals surface area contributed by atoms with Crippen molar-refractivity contribution in [1.82, 2.24) is 9.62 Å². The smallest absolute Gasteiger partial charge is 0.341 e. The molecule has 0 unspecified atom stereocenters. The Balaban J connectivity index is 2.25. The average Bonchev–Trinajstić information content (AvgIpc) is 2.84. The van der Waals surface area contributed by atoms with Crippen LogP contribution in [0, 0.1) is 0 Å². The molecule has 0 bridgehead atoms. The number of carbonyl (C=O) groups excluding carboxylic acids is 1. The fourth-order valence-electron chi connectivity index (χ4n) is 2.11. The summed E-state index contributed by atoms with van der Waals surface area (Å²) < 4.78 is 60.0. The largest absolute Gasteiger partial charge is 0.404 e. The van der Waals surface area contributed by atoms with Crippen molar-refractivity contribution in [2.45, 2.75) is 37.9 Å². The van der Waals surface area contributed by atoms with E-state index in [0.717, 1.165) is 12.8 Å². The monoisotopic (exact) mass is 331 g/mol. The molecular formula is C11H20F3N3O3S. The molecule has 1 aliphatic rings. The van der Waals surface area contributed by atoms with E-state index in [0.29, 0.717) is 13.1 Å². The zero-order valence-corrected chi connectivity index (χ0v) is 12.3. The third-order valence-corrected chi connectivity index (χ3v) is 4.45. The van der Waals surface area contributed by atoms with Gasteiger partial charge in [-0.05, 0) is 25.7 Å². The van der Waals surface area contributed by atoms with Crippen LogP contribution in [0.2, 0.25) is 0 Å². The highest BCUT2D eigenvalue weighted by molar-refractivity contribution is 7.89. The SMILES string of the molecule is N[C@@H](CCCNS(=O)(=O)CC(F)(F)F)C(=O)N1CCCC1. The zero-order valence-electron chi connectivity index (χ0n) is 11.5. The summed E-state index contributed by atoms with van der Waals surface area (Å²) in [7, 11) is -4.38. The Morgan fingerprint density at radius 3 is 2.38 bits per heavy atom. The maximum atomic E-state index is 12.0. The van der Waals surface area contributed by atoms with Crippen LogP contribution in [0.4, 0.5) is 13.2 Å². The van der Waals surface area contributed by atoms with E-state index in [1.165, 1.54) is 0 Å². The lowest BCUT2D eigenvalue weighted by Crippen LogP contribution is -2.42. The Labute approximate surface area is 121 Å². The lowest BCUT2D eigenvalue weighted by Gasteiger charge is -2.20. The van der Waals surface area contributed by atoms with Gasteiger partial charge in [0, 0.05) is 19.6 Å². The van der Waals surface area contributed by atoms with Gasteiger partial charge in [0.25, 0.3) is 0 Å². The zero-order chi connectivity index (χ0) is 16.1. The van der Waals surface area contributed by atoms with Gasteiger partial charge in [0.2, 0.25) is 15.9 Å². The number of carbonyl (C=O) groups is 1. The summed E-state index contributed by atoms with van der Waals surface area (Å²) in [5.41, 5.74) is 5.70. The van der Waals surface area contributed by atoms with Gasteiger partial charge in [-0.3, -0.25) is 4.79 Å². The maximum Gasteiger partial charge on any atom is 0.404 e. The van der Waals surface area contributed by atoms with Crippen LogP contribution >= 0.6 is 0 Å².